The third-order valence-corrected chi connectivity index (χ3v) is 25.1. The first kappa shape index (κ1) is 43.1. The first-order valence-electron chi connectivity index (χ1n) is 16.9. The Morgan fingerprint density at radius 3 is 0.762 bits per heavy atom. The monoisotopic (exact) mass is 698 g/mol. The summed E-state index contributed by atoms with van der Waals surface area (Å²) in [6.45, 7) is 42.4. The van der Waals surface area contributed by atoms with Crippen molar-refractivity contribution in [1.82, 2.24) is 0 Å². The highest BCUT2D eigenvalue weighted by Crippen LogP contribution is 2.32. The predicted molar refractivity (Wildman–Crippen MR) is 199 cm³/mol. The maximum Gasteiger partial charge on any atom is 0.187 e. The highest BCUT2D eigenvalue weighted by atomic mass is 28.4. The molecule has 254 valence electrons. The zero-order valence-electron chi connectivity index (χ0n) is 31.4. The van der Waals surface area contributed by atoms with E-state index in [0.717, 1.165) is 36.3 Å². The van der Waals surface area contributed by atoms with E-state index < -0.39 is 49.9 Å². The van der Waals surface area contributed by atoms with Gasteiger partial charge in [0.25, 0.3) is 0 Å². The van der Waals surface area contributed by atoms with Crippen molar-refractivity contribution in [2.75, 3.05) is 13.2 Å². The predicted octanol–water partition coefficient (Wildman–Crippen LogP) is 9.91. The summed E-state index contributed by atoms with van der Waals surface area (Å²) < 4.78 is 42.6. The smallest absolute Gasteiger partial charge is 0.187 e. The van der Waals surface area contributed by atoms with Gasteiger partial charge in [-0.05, 0) is 115 Å². The largest absolute Gasteiger partial charge is 0.415 e. The molecule has 0 aliphatic carbocycles. The Morgan fingerprint density at radius 1 is 0.333 bits per heavy atom. The molecule has 0 unspecified atom stereocenters. The van der Waals surface area contributed by atoms with Crippen molar-refractivity contribution in [3.05, 3.63) is 0 Å². The Morgan fingerprint density at radius 2 is 0.548 bits per heavy atom. The van der Waals surface area contributed by atoms with E-state index in [9.17, 15) is 0 Å². The molecule has 4 atom stereocenters. The summed E-state index contributed by atoms with van der Waals surface area (Å²) in [5, 5.41) is 0. The Kier molecular flexibility index (Phi) is 18.3. The molecule has 0 saturated carbocycles. The van der Waals surface area contributed by atoms with Crippen LogP contribution in [0.5, 0.6) is 0 Å². The van der Waals surface area contributed by atoms with Crippen molar-refractivity contribution >= 4 is 49.9 Å². The normalized spacial score (nSPS) is 17.3. The molecule has 6 nitrogen and oxygen atoms in total. The Hall–Kier alpha value is 1.06. The minimum atomic E-state index is -2.05. The third-order valence-electron chi connectivity index (χ3n) is 9.29. The summed E-state index contributed by atoms with van der Waals surface area (Å²) in [5.41, 5.74) is 0. The fourth-order valence-electron chi connectivity index (χ4n) is 3.81. The lowest BCUT2D eigenvalue weighted by molar-refractivity contribution is -0.0971. The summed E-state index contributed by atoms with van der Waals surface area (Å²) >= 11 is 0. The van der Waals surface area contributed by atoms with Gasteiger partial charge in [-0.1, -0.05) is 41.5 Å². The zero-order chi connectivity index (χ0) is 33.2. The van der Waals surface area contributed by atoms with E-state index >= 15 is 0 Å². The van der Waals surface area contributed by atoms with Crippen LogP contribution in [0.1, 0.15) is 41.5 Å². The Bertz CT molecular complexity index is 701. The summed E-state index contributed by atoms with van der Waals surface area (Å²) in [6, 6.07) is 6.25. The van der Waals surface area contributed by atoms with Crippen LogP contribution in [0.4, 0.5) is 0 Å². The van der Waals surface area contributed by atoms with Gasteiger partial charge in [0.2, 0.25) is 0 Å². The summed E-state index contributed by atoms with van der Waals surface area (Å²) in [4.78, 5) is 0. The second-order valence-electron chi connectivity index (χ2n) is 15.8. The van der Waals surface area contributed by atoms with E-state index in [-0.39, 0.29) is 24.4 Å². The van der Waals surface area contributed by atoms with E-state index in [1.807, 2.05) is 0 Å². The van der Waals surface area contributed by atoms with Crippen LogP contribution < -0.4 is 0 Å². The molecule has 0 saturated heterocycles. The standard InChI is InChI=1S/C30H74O6Si6/c1-19-37(7,8)31-25-27(33-39(11,12)21-3)29(35-41(15,16)23-5)30(36-42(17,18)24-6)28(34-40(13,14)22-4)26-32-38(9,10)20-2/h27-30H,19-26H2,1-18H3/t27-,28-,29+,30+/m0/s1. The van der Waals surface area contributed by atoms with E-state index in [1.165, 1.54) is 0 Å². The minimum absolute atomic E-state index is 0.219. The molecule has 0 aromatic rings. The lowest BCUT2D eigenvalue weighted by Gasteiger charge is -2.47. The molecule has 0 aromatic heterocycles. The highest BCUT2D eigenvalue weighted by Gasteiger charge is 2.47. The van der Waals surface area contributed by atoms with Crippen LogP contribution in [-0.4, -0.2) is 87.5 Å². The fourth-order valence-corrected chi connectivity index (χ4v) is 10.2. The van der Waals surface area contributed by atoms with Gasteiger partial charge < -0.3 is 26.6 Å². The van der Waals surface area contributed by atoms with Gasteiger partial charge in [0, 0.05) is 0 Å². The van der Waals surface area contributed by atoms with Gasteiger partial charge >= 0.3 is 0 Å². The molecule has 0 rings (SSSR count). The van der Waals surface area contributed by atoms with Crippen molar-refractivity contribution in [2.45, 2.75) is 181 Å². The molecule has 0 fully saturated rings. The lowest BCUT2D eigenvalue weighted by Crippen LogP contribution is -2.61. The highest BCUT2D eigenvalue weighted by molar-refractivity contribution is 6.73. The molecule has 0 spiro atoms. The average molecular weight is 699 g/mol. The zero-order valence-corrected chi connectivity index (χ0v) is 37.4. The average Bonchev–Trinajstić information content (AvgIpc) is 2.91. The number of hydrogen-bond acceptors (Lipinski definition) is 6. The molecule has 0 bridgehead atoms. The van der Waals surface area contributed by atoms with Gasteiger partial charge in [0.1, 0.15) is 0 Å². The molecule has 0 N–H and O–H groups in total. The molecule has 0 aromatic carbocycles. The van der Waals surface area contributed by atoms with Crippen LogP contribution in [0.3, 0.4) is 0 Å². The third kappa shape index (κ3) is 16.6. The van der Waals surface area contributed by atoms with Gasteiger partial charge in [0.15, 0.2) is 49.9 Å². The summed E-state index contributed by atoms with van der Waals surface area (Å²) in [5.74, 6) is 0. The van der Waals surface area contributed by atoms with Crippen molar-refractivity contribution < 1.29 is 26.6 Å². The quantitative estimate of drug-likeness (QED) is 0.0991. The van der Waals surface area contributed by atoms with Crippen molar-refractivity contribution in [3.63, 3.8) is 0 Å². The topological polar surface area (TPSA) is 55.4 Å². The lowest BCUT2D eigenvalue weighted by atomic mass is 10.0. The maximum absolute atomic E-state index is 7.34. The summed E-state index contributed by atoms with van der Waals surface area (Å²) in [6.07, 6.45) is -1.01. The Balaban J connectivity index is 7.29. The number of hydrogen-bond donors (Lipinski definition) is 0. The number of rotatable bonds is 23. The minimum Gasteiger partial charge on any atom is -0.415 e. The second-order valence-corrected chi connectivity index (χ2v) is 42.7. The van der Waals surface area contributed by atoms with Crippen LogP contribution in [-0.2, 0) is 26.6 Å². The van der Waals surface area contributed by atoms with E-state index in [0.29, 0.717) is 13.2 Å². The summed E-state index contributed by atoms with van der Waals surface area (Å²) in [7, 11) is -11.7. The van der Waals surface area contributed by atoms with Crippen LogP contribution in [0.2, 0.25) is 115 Å². The Labute approximate surface area is 269 Å². The van der Waals surface area contributed by atoms with E-state index in [2.05, 4.69) is 120 Å². The first-order valence-corrected chi connectivity index (χ1v) is 35.6. The van der Waals surface area contributed by atoms with Crippen molar-refractivity contribution in [3.8, 4) is 0 Å². The van der Waals surface area contributed by atoms with Gasteiger partial charge in [-0.25, -0.2) is 0 Å². The molecule has 12 heteroatoms. The van der Waals surface area contributed by atoms with Gasteiger partial charge in [-0.2, -0.15) is 0 Å². The van der Waals surface area contributed by atoms with Gasteiger partial charge in [-0.3, -0.25) is 0 Å². The molecule has 0 aliphatic rings. The molecular weight excluding hydrogens is 625 g/mol. The van der Waals surface area contributed by atoms with Gasteiger partial charge in [0.05, 0.1) is 37.6 Å². The van der Waals surface area contributed by atoms with Crippen LogP contribution in [0, 0.1) is 0 Å². The fraction of sp³-hybridized carbons (Fsp3) is 1.00. The maximum atomic E-state index is 7.34. The van der Waals surface area contributed by atoms with Gasteiger partial charge in [-0.15, -0.1) is 0 Å². The molecule has 0 amide bonds. The molecule has 0 radical (unpaired) electrons. The van der Waals surface area contributed by atoms with Crippen LogP contribution >= 0.6 is 0 Å². The second kappa shape index (κ2) is 17.8. The molecule has 42 heavy (non-hydrogen) atoms. The first-order chi connectivity index (χ1) is 18.9. The van der Waals surface area contributed by atoms with E-state index in [4.69, 9.17) is 26.6 Å². The van der Waals surface area contributed by atoms with Crippen molar-refractivity contribution in [2.24, 2.45) is 0 Å². The molecule has 0 heterocycles. The SMILES string of the molecule is CC[Si](C)(C)OC[C@H](O[Si](C)(C)CC)[C@@H](O[Si](C)(C)CC)[C@H](O[Si](C)(C)CC)[C@H](CO[Si](C)(C)CC)O[Si](C)(C)CC. The molecular formula is C30H74O6Si6. The van der Waals surface area contributed by atoms with Crippen molar-refractivity contribution in [1.29, 1.82) is 0 Å². The molecule has 0 aliphatic heterocycles. The van der Waals surface area contributed by atoms with Crippen LogP contribution in [0.15, 0.2) is 0 Å². The van der Waals surface area contributed by atoms with Crippen LogP contribution in [0.25, 0.3) is 0 Å². The van der Waals surface area contributed by atoms with E-state index in [1.54, 1.807) is 0 Å².